The van der Waals surface area contributed by atoms with Crippen LogP contribution in [0.1, 0.15) is 26.3 Å². The first kappa shape index (κ1) is 14.8. The van der Waals surface area contributed by atoms with Crippen LogP contribution in [0, 0.1) is 5.82 Å². The molecule has 1 unspecified atom stereocenters. The molecule has 0 amide bonds. The van der Waals surface area contributed by atoms with Crippen LogP contribution in [0.3, 0.4) is 0 Å². The minimum Gasteiger partial charge on any atom is -0.327 e. The number of halogens is 2. The number of hydrogen-bond acceptors (Lipinski definition) is 2. The predicted molar refractivity (Wildman–Crippen MR) is 75.3 cm³/mol. The fourth-order valence-electron chi connectivity index (χ4n) is 1.39. The zero-order valence-electron chi connectivity index (χ0n) is 10.5. The van der Waals surface area contributed by atoms with Gasteiger partial charge in [-0.2, -0.15) is 11.8 Å². The molecule has 1 aromatic carbocycles. The maximum absolute atomic E-state index is 13.2. The van der Waals surface area contributed by atoms with Gasteiger partial charge in [0.1, 0.15) is 5.82 Å². The summed E-state index contributed by atoms with van der Waals surface area (Å²) in [5.74, 6) is 0.494. The van der Waals surface area contributed by atoms with E-state index in [0.29, 0.717) is 6.42 Å². The molecular formula is C13H19ClFNS. The van der Waals surface area contributed by atoms with Crippen molar-refractivity contribution in [2.75, 3.05) is 5.75 Å². The van der Waals surface area contributed by atoms with Crippen LogP contribution in [0.15, 0.2) is 18.2 Å². The average molecular weight is 276 g/mol. The van der Waals surface area contributed by atoms with E-state index in [1.165, 1.54) is 6.07 Å². The number of nitrogens with two attached hydrogens (primary N) is 1. The van der Waals surface area contributed by atoms with Crippen LogP contribution in [-0.2, 0) is 6.42 Å². The molecule has 0 saturated heterocycles. The highest BCUT2D eigenvalue weighted by atomic mass is 35.5. The van der Waals surface area contributed by atoms with Gasteiger partial charge >= 0.3 is 0 Å². The zero-order valence-corrected chi connectivity index (χ0v) is 12.0. The Bertz CT molecular complexity index is 376. The first-order valence-electron chi connectivity index (χ1n) is 5.61. The standard InChI is InChI=1S/C13H19ClFNS/c1-13(2,3)17-8-10(16)6-9-4-5-11(14)12(15)7-9/h4-5,7,10H,6,8,16H2,1-3H3. The maximum atomic E-state index is 13.2. The molecule has 1 aromatic rings. The molecular weight excluding hydrogens is 257 g/mol. The van der Waals surface area contributed by atoms with Crippen molar-refractivity contribution >= 4 is 23.4 Å². The van der Waals surface area contributed by atoms with Crippen LogP contribution in [0.2, 0.25) is 5.02 Å². The molecule has 17 heavy (non-hydrogen) atoms. The van der Waals surface area contributed by atoms with E-state index in [1.807, 2.05) is 17.8 Å². The van der Waals surface area contributed by atoms with Gasteiger partial charge in [0.2, 0.25) is 0 Å². The summed E-state index contributed by atoms with van der Waals surface area (Å²) in [7, 11) is 0. The SMILES string of the molecule is CC(C)(C)SCC(N)Cc1ccc(Cl)c(F)c1. The molecule has 0 radical (unpaired) electrons. The van der Waals surface area contributed by atoms with Crippen molar-refractivity contribution in [1.82, 2.24) is 0 Å². The van der Waals surface area contributed by atoms with Gasteiger partial charge in [-0.05, 0) is 24.1 Å². The van der Waals surface area contributed by atoms with E-state index in [-0.39, 0.29) is 21.6 Å². The average Bonchev–Trinajstić information content (AvgIpc) is 2.20. The summed E-state index contributed by atoms with van der Waals surface area (Å²) in [6.45, 7) is 6.48. The molecule has 0 aliphatic heterocycles. The van der Waals surface area contributed by atoms with Crippen LogP contribution in [0.5, 0.6) is 0 Å². The second-order valence-corrected chi connectivity index (χ2v) is 7.39. The fraction of sp³-hybridized carbons (Fsp3) is 0.538. The van der Waals surface area contributed by atoms with E-state index in [1.54, 1.807) is 6.07 Å². The Labute approximate surface area is 112 Å². The summed E-state index contributed by atoms with van der Waals surface area (Å²) < 4.78 is 13.4. The topological polar surface area (TPSA) is 26.0 Å². The summed E-state index contributed by atoms with van der Waals surface area (Å²) in [6.07, 6.45) is 0.678. The summed E-state index contributed by atoms with van der Waals surface area (Å²) in [4.78, 5) is 0. The second kappa shape index (κ2) is 6.07. The number of thioether (sulfide) groups is 1. The number of hydrogen-bond donors (Lipinski definition) is 1. The molecule has 1 rings (SSSR count). The Morgan fingerprint density at radius 3 is 2.59 bits per heavy atom. The van der Waals surface area contributed by atoms with Crippen molar-refractivity contribution < 1.29 is 4.39 Å². The lowest BCUT2D eigenvalue weighted by atomic mass is 10.1. The monoisotopic (exact) mass is 275 g/mol. The van der Waals surface area contributed by atoms with Crippen LogP contribution in [0.25, 0.3) is 0 Å². The normalized spacial score (nSPS) is 13.8. The van der Waals surface area contributed by atoms with Gasteiger partial charge in [-0.25, -0.2) is 4.39 Å². The highest BCUT2D eigenvalue weighted by molar-refractivity contribution is 8.00. The maximum Gasteiger partial charge on any atom is 0.142 e. The van der Waals surface area contributed by atoms with Gasteiger partial charge in [-0.15, -0.1) is 0 Å². The second-order valence-electron chi connectivity index (χ2n) is 5.14. The van der Waals surface area contributed by atoms with Crippen molar-refractivity contribution in [3.05, 3.63) is 34.6 Å². The van der Waals surface area contributed by atoms with Crippen LogP contribution in [-0.4, -0.2) is 16.5 Å². The van der Waals surface area contributed by atoms with Crippen molar-refractivity contribution in [2.24, 2.45) is 5.73 Å². The smallest absolute Gasteiger partial charge is 0.142 e. The van der Waals surface area contributed by atoms with Gasteiger partial charge in [0.25, 0.3) is 0 Å². The minimum absolute atomic E-state index is 0.0415. The van der Waals surface area contributed by atoms with E-state index < -0.39 is 0 Å². The van der Waals surface area contributed by atoms with Crippen molar-refractivity contribution in [2.45, 2.75) is 38.0 Å². The molecule has 1 atom stereocenters. The quantitative estimate of drug-likeness (QED) is 0.902. The van der Waals surface area contributed by atoms with Crippen molar-refractivity contribution in [1.29, 1.82) is 0 Å². The Kier molecular flexibility index (Phi) is 5.29. The van der Waals surface area contributed by atoms with Gasteiger partial charge in [0, 0.05) is 16.5 Å². The third-order valence-corrected chi connectivity index (χ3v) is 3.98. The van der Waals surface area contributed by atoms with E-state index >= 15 is 0 Å². The van der Waals surface area contributed by atoms with Crippen molar-refractivity contribution in [3.63, 3.8) is 0 Å². The molecule has 4 heteroatoms. The fourth-order valence-corrected chi connectivity index (χ4v) is 2.33. The summed E-state index contributed by atoms with van der Waals surface area (Å²) in [5.41, 5.74) is 6.92. The molecule has 2 N–H and O–H groups in total. The summed E-state index contributed by atoms with van der Waals surface area (Å²) in [5, 5.41) is 0.159. The Hall–Kier alpha value is -0.250. The van der Waals surface area contributed by atoms with Gasteiger partial charge in [0.15, 0.2) is 0 Å². The zero-order chi connectivity index (χ0) is 13.1. The Morgan fingerprint density at radius 1 is 1.41 bits per heavy atom. The van der Waals surface area contributed by atoms with E-state index in [0.717, 1.165) is 11.3 Å². The van der Waals surface area contributed by atoms with E-state index in [2.05, 4.69) is 20.8 Å². The van der Waals surface area contributed by atoms with Crippen LogP contribution in [0.4, 0.5) is 4.39 Å². The lowest BCUT2D eigenvalue weighted by Crippen LogP contribution is -2.28. The highest BCUT2D eigenvalue weighted by Gasteiger charge is 2.14. The van der Waals surface area contributed by atoms with E-state index in [9.17, 15) is 4.39 Å². The molecule has 0 aliphatic carbocycles. The van der Waals surface area contributed by atoms with Crippen LogP contribution < -0.4 is 5.73 Å². The Balaban J connectivity index is 2.50. The molecule has 0 spiro atoms. The lowest BCUT2D eigenvalue weighted by molar-refractivity contribution is 0.623. The summed E-state index contributed by atoms with van der Waals surface area (Å²) >= 11 is 7.45. The number of benzene rings is 1. The van der Waals surface area contributed by atoms with Gasteiger partial charge < -0.3 is 5.73 Å². The molecule has 96 valence electrons. The minimum atomic E-state index is -0.375. The molecule has 0 fully saturated rings. The third kappa shape index (κ3) is 5.75. The highest BCUT2D eigenvalue weighted by Crippen LogP contribution is 2.24. The molecule has 0 aliphatic rings. The molecule has 1 nitrogen and oxygen atoms in total. The van der Waals surface area contributed by atoms with E-state index in [4.69, 9.17) is 17.3 Å². The summed E-state index contributed by atoms with van der Waals surface area (Å²) in [6, 6.07) is 4.91. The van der Waals surface area contributed by atoms with Gasteiger partial charge in [-0.1, -0.05) is 38.4 Å². The third-order valence-electron chi connectivity index (χ3n) is 2.21. The first-order chi connectivity index (χ1) is 7.78. The largest absolute Gasteiger partial charge is 0.327 e. The molecule has 0 heterocycles. The Morgan fingerprint density at radius 2 is 2.06 bits per heavy atom. The molecule has 0 bridgehead atoms. The van der Waals surface area contributed by atoms with Crippen molar-refractivity contribution in [3.8, 4) is 0 Å². The first-order valence-corrected chi connectivity index (χ1v) is 6.98. The molecule has 0 aromatic heterocycles. The lowest BCUT2D eigenvalue weighted by Gasteiger charge is -2.20. The van der Waals surface area contributed by atoms with Gasteiger partial charge in [0.05, 0.1) is 5.02 Å². The van der Waals surface area contributed by atoms with Crippen LogP contribution >= 0.6 is 23.4 Å². The molecule has 0 saturated carbocycles. The predicted octanol–water partition coefficient (Wildman–Crippen LogP) is 3.88. The van der Waals surface area contributed by atoms with Gasteiger partial charge in [-0.3, -0.25) is 0 Å². The number of rotatable bonds is 4.